The molecule has 1 heterocycles. The van der Waals surface area contributed by atoms with Crippen LogP contribution in [0.5, 0.6) is 0 Å². The minimum atomic E-state index is 0.364. The molecule has 0 spiro atoms. The van der Waals surface area contributed by atoms with E-state index in [9.17, 15) is 0 Å². The molecule has 96 valence electrons. The van der Waals surface area contributed by atoms with Crippen LogP contribution < -0.4 is 5.73 Å². The summed E-state index contributed by atoms with van der Waals surface area (Å²) in [5.74, 6) is 0. The largest absolute Gasteiger partial charge is 0.327 e. The predicted octanol–water partition coefficient (Wildman–Crippen LogP) is 1.53. The van der Waals surface area contributed by atoms with Gasteiger partial charge in [-0.05, 0) is 27.3 Å². The molecule has 0 radical (unpaired) electrons. The van der Waals surface area contributed by atoms with Crippen molar-refractivity contribution in [3.63, 3.8) is 0 Å². The second kappa shape index (κ2) is 6.58. The van der Waals surface area contributed by atoms with Gasteiger partial charge in [-0.3, -0.25) is 9.80 Å². The second-order valence-electron chi connectivity index (χ2n) is 5.48. The van der Waals surface area contributed by atoms with E-state index >= 15 is 0 Å². The molecule has 0 bridgehead atoms. The number of nitrogens with two attached hydrogens (primary N) is 1. The van der Waals surface area contributed by atoms with Crippen molar-refractivity contribution in [1.82, 2.24) is 9.80 Å². The molecule has 16 heavy (non-hydrogen) atoms. The number of nitrogens with zero attached hydrogens (tertiary/aromatic N) is 2. The zero-order chi connectivity index (χ0) is 12.1. The number of unbranched alkanes of at least 4 members (excludes halogenated alkanes) is 1. The summed E-state index contributed by atoms with van der Waals surface area (Å²) < 4.78 is 0. The summed E-state index contributed by atoms with van der Waals surface area (Å²) in [5.41, 5.74) is 6.16. The lowest BCUT2D eigenvalue weighted by Gasteiger charge is -2.43. The molecule has 1 aliphatic rings. The molecule has 1 aliphatic heterocycles. The van der Waals surface area contributed by atoms with Gasteiger partial charge in [0.1, 0.15) is 0 Å². The van der Waals surface area contributed by atoms with Crippen LogP contribution in [0.25, 0.3) is 0 Å². The Morgan fingerprint density at radius 3 is 2.31 bits per heavy atom. The smallest absolute Gasteiger partial charge is 0.0195 e. The van der Waals surface area contributed by atoms with Crippen LogP contribution in [0.4, 0.5) is 0 Å². The van der Waals surface area contributed by atoms with Crippen molar-refractivity contribution < 1.29 is 0 Å². The van der Waals surface area contributed by atoms with E-state index in [1.807, 2.05) is 0 Å². The number of likely N-dealkylation sites (N-methyl/N-ethyl adjacent to an activating group) is 1. The lowest BCUT2D eigenvalue weighted by Crippen LogP contribution is -2.56. The highest BCUT2D eigenvalue weighted by Crippen LogP contribution is 2.14. The summed E-state index contributed by atoms with van der Waals surface area (Å²) in [6.45, 7) is 10.2. The summed E-state index contributed by atoms with van der Waals surface area (Å²) >= 11 is 0. The zero-order valence-corrected chi connectivity index (χ0v) is 11.4. The normalized spacial score (nSPS) is 30.6. The van der Waals surface area contributed by atoms with E-state index in [2.05, 4.69) is 37.6 Å². The zero-order valence-electron chi connectivity index (χ0n) is 11.4. The maximum Gasteiger partial charge on any atom is 0.0195 e. The minimum Gasteiger partial charge on any atom is -0.327 e. The SMILES string of the molecule is CCCCC(N)CN1CC(C)N(C)C(C)C1. The quantitative estimate of drug-likeness (QED) is 0.773. The third kappa shape index (κ3) is 4.04. The van der Waals surface area contributed by atoms with E-state index < -0.39 is 0 Å². The van der Waals surface area contributed by atoms with E-state index in [0.717, 1.165) is 6.54 Å². The molecule has 0 aliphatic carbocycles. The van der Waals surface area contributed by atoms with Crippen LogP contribution in [0.3, 0.4) is 0 Å². The van der Waals surface area contributed by atoms with E-state index in [0.29, 0.717) is 18.1 Å². The van der Waals surface area contributed by atoms with E-state index in [1.165, 1.54) is 32.4 Å². The monoisotopic (exact) mass is 227 g/mol. The van der Waals surface area contributed by atoms with Gasteiger partial charge in [-0.15, -0.1) is 0 Å². The van der Waals surface area contributed by atoms with Crippen molar-refractivity contribution in [2.75, 3.05) is 26.7 Å². The lowest BCUT2D eigenvalue weighted by molar-refractivity contribution is 0.0561. The van der Waals surface area contributed by atoms with Crippen molar-refractivity contribution in [2.45, 2.75) is 58.2 Å². The van der Waals surface area contributed by atoms with Gasteiger partial charge in [0.25, 0.3) is 0 Å². The Labute approximate surface area is 101 Å². The van der Waals surface area contributed by atoms with Crippen molar-refractivity contribution >= 4 is 0 Å². The predicted molar refractivity (Wildman–Crippen MR) is 70.6 cm³/mol. The van der Waals surface area contributed by atoms with Gasteiger partial charge in [0.15, 0.2) is 0 Å². The van der Waals surface area contributed by atoms with Gasteiger partial charge < -0.3 is 5.73 Å². The first-order valence-electron chi connectivity index (χ1n) is 6.74. The Morgan fingerprint density at radius 1 is 1.25 bits per heavy atom. The van der Waals surface area contributed by atoms with Gasteiger partial charge in [0, 0.05) is 37.8 Å². The molecular formula is C13H29N3. The van der Waals surface area contributed by atoms with Crippen LogP contribution in [0.1, 0.15) is 40.0 Å². The van der Waals surface area contributed by atoms with Gasteiger partial charge in [0.2, 0.25) is 0 Å². The molecule has 0 aromatic rings. The van der Waals surface area contributed by atoms with Crippen LogP contribution in [0, 0.1) is 0 Å². The van der Waals surface area contributed by atoms with Crippen molar-refractivity contribution in [1.29, 1.82) is 0 Å². The molecular weight excluding hydrogens is 198 g/mol. The van der Waals surface area contributed by atoms with Crippen LogP contribution in [-0.2, 0) is 0 Å². The van der Waals surface area contributed by atoms with Crippen molar-refractivity contribution in [3.05, 3.63) is 0 Å². The summed E-state index contributed by atoms with van der Waals surface area (Å²) in [6.07, 6.45) is 3.69. The topological polar surface area (TPSA) is 32.5 Å². The minimum absolute atomic E-state index is 0.364. The van der Waals surface area contributed by atoms with Crippen molar-refractivity contribution in [3.8, 4) is 0 Å². The molecule has 3 heteroatoms. The first kappa shape index (κ1) is 13.9. The number of hydrogen-bond donors (Lipinski definition) is 1. The van der Waals surface area contributed by atoms with Crippen LogP contribution in [0.2, 0.25) is 0 Å². The van der Waals surface area contributed by atoms with E-state index in [-0.39, 0.29) is 0 Å². The Bertz CT molecular complexity index is 184. The standard InChI is InChI=1S/C13H29N3/c1-5-6-7-13(14)10-16-8-11(2)15(4)12(3)9-16/h11-13H,5-10,14H2,1-4H3. The molecule has 1 saturated heterocycles. The molecule has 0 saturated carbocycles. The maximum atomic E-state index is 6.16. The van der Waals surface area contributed by atoms with E-state index in [4.69, 9.17) is 5.73 Å². The molecule has 0 aromatic heterocycles. The first-order valence-corrected chi connectivity index (χ1v) is 6.74. The Kier molecular flexibility index (Phi) is 5.73. The maximum absolute atomic E-state index is 6.16. The Hall–Kier alpha value is -0.120. The molecule has 3 atom stereocenters. The van der Waals surface area contributed by atoms with Gasteiger partial charge >= 0.3 is 0 Å². The Morgan fingerprint density at radius 2 is 1.81 bits per heavy atom. The highest BCUT2D eigenvalue weighted by Gasteiger charge is 2.26. The Balaban J connectivity index is 2.32. The van der Waals surface area contributed by atoms with Gasteiger partial charge in [-0.25, -0.2) is 0 Å². The van der Waals surface area contributed by atoms with E-state index in [1.54, 1.807) is 0 Å². The van der Waals surface area contributed by atoms with Crippen LogP contribution in [-0.4, -0.2) is 54.6 Å². The van der Waals surface area contributed by atoms with Crippen LogP contribution >= 0.6 is 0 Å². The third-order valence-corrected chi connectivity index (χ3v) is 3.86. The summed E-state index contributed by atoms with van der Waals surface area (Å²) in [5, 5.41) is 0. The fourth-order valence-corrected chi connectivity index (χ4v) is 2.55. The highest BCUT2D eigenvalue weighted by atomic mass is 15.3. The molecule has 3 nitrogen and oxygen atoms in total. The summed E-state index contributed by atoms with van der Waals surface area (Å²) in [6, 6.07) is 1.67. The fraction of sp³-hybridized carbons (Fsp3) is 1.00. The number of hydrogen-bond acceptors (Lipinski definition) is 3. The third-order valence-electron chi connectivity index (χ3n) is 3.86. The molecule has 2 N–H and O–H groups in total. The summed E-state index contributed by atoms with van der Waals surface area (Å²) in [4.78, 5) is 5.00. The molecule has 1 fully saturated rings. The number of rotatable bonds is 5. The van der Waals surface area contributed by atoms with Crippen LogP contribution in [0.15, 0.2) is 0 Å². The molecule has 0 amide bonds. The van der Waals surface area contributed by atoms with Gasteiger partial charge in [-0.2, -0.15) is 0 Å². The molecule has 3 unspecified atom stereocenters. The average molecular weight is 227 g/mol. The lowest BCUT2D eigenvalue weighted by atomic mass is 10.1. The molecule has 0 aromatic carbocycles. The second-order valence-corrected chi connectivity index (χ2v) is 5.48. The first-order chi connectivity index (χ1) is 7.54. The summed E-state index contributed by atoms with van der Waals surface area (Å²) in [7, 11) is 2.23. The number of piperazine rings is 1. The van der Waals surface area contributed by atoms with Gasteiger partial charge in [0.05, 0.1) is 0 Å². The average Bonchev–Trinajstić information content (AvgIpc) is 2.23. The fourth-order valence-electron chi connectivity index (χ4n) is 2.55. The highest BCUT2D eigenvalue weighted by molar-refractivity contribution is 4.84. The van der Waals surface area contributed by atoms with Gasteiger partial charge in [-0.1, -0.05) is 19.8 Å². The molecule has 1 rings (SSSR count). The van der Waals surface area contributed by atoms with Crippen molar-refractivity contribution in [2.24, 2.45) is 5.73 Å².